The number of ether oxygens (including phenoxy) is 2. The molecule has 0 spiro atoms. The van der Waals surface area contributed by atoms with Gasteiger partial charge in [-0.25, -0.2) is 4.79 Å². The fourth-order valence-electron chi connectivity index (χ4n) is 1.43. The summed E-state index contributed by atoms with van der Waals surface area (Å²) in [7, 11) is 1.67. The van der Waals surface area contributed by atoms with E-state index >= 15 is 0 Å². The molecule has 0 N–H and O–H groups in total. The van der Waals surface area contributed by atoms with Gasteiger partial charge >= 0.3 is 12.1 Å². The molecule has 1 amide bonds. The van der Waals surface area contributed by atoms with Crippen LogP contribution in [0.4, 0.5) is 4.79 Å². The van der Waals surface area contributed by atoms with Gasteiger partial charge in [0.05, 0.1) is 0 Å². The number of hydrogen-bond acceptors (Lipinski definition) is 4. The normalized spacial score (nSPS) is 10.2. The number of amides is 1. The molecule has 1 aromatic carbocycles. The zero-order chi connectivity index (χ0) is 19.1. The monoisotopic (exact) mass is 339 g/mol. The summed E-state index contributed by atoms with van der Waals surface area (Å²) >= 11 is 0. The quantitative estimate of drug-likeness (QED) is 0.707. The Hall–Kier alpha value is -2.04. The van der Waals surface area contributed by atoms with E-state index in [4.69, 9.17) is 9.47 Å². The van der Waals surface area contributed by atoms with E-state index < -0.39 is 6.09 Å². The Kier molecular flexibility index (Phi) is 14.7. The van der Waals surface area contributed by atoms with Gasteiger partial charge in [0.15, 0.2) is 0 Å². The van der Waals surface area contributed by atoms with Gasteiger partial charge in [0, 0.05) is 20.5 Å². The maximum Gasteiger partial charge on any atom is 0.414 e. The highest BCUT2D eigenvalue weighted by molar-refractivity contribution is 5.70. The van der Waals surface area contributed by atoms with Gasteiger partial charge in [-0.3, -0.25) is 4.79 Å². The van der Waals surface area contributed by atoms with Crippen LogP contribution in [-0.4, -0.2) is 30.6 Å². The first kappa shape index (κ1) is 24.2. The fraction of sp³-hybridized carbons (Fsp3) is 0.579. The number of carbonyl (C=O) groups excluding carboxylic acids is 2. The van der Waals surface area contributed by atoms with Gasteiger partial charge in [0.2, 0.25) is 0 Å². The molecule has 0 aromatic heterocycles. The average Bonchev–Trinajstić information content (AvgIpc) is 2.56. The third-order valence-electron chi connectivity index (χ3n) is 2.68. The highest BCUT2D eigenvalue weighted by Gasteiger charge is 2.11. The Morgan fingerprint density at radius 3 is 1.92 bits per heavy atom. The van der Waals surface area contributed by atoms with Crippen LogP contribution in [-0.2, 0) is 9.53 Å². The van der Waals surface area contributed by atoms with Crippen molar-refractivity contribution < 1.29 is 19.1 Å². The molecule has 0 saturated heterocycles. The second-order valence-corrected chi connectivity index (χ2v) is 4.91. The Balaban J connectivity index is 0. The number of nitrogens with zero attached hydrogens (tertiary/aromatic N) is 1. The van der Waals surface area contributed by atoms with Gasteiger partial charge in [-0.1, -0.05) is 46.2 Å². The number of hydrogen-bond donors (Lipinski definition) is 0. The summed E-state index contributed by atoms with van der Waals surface area (Å²) in [6.07, 6.45) is 0.531. The molecule has 24 heavy (non-hydrogen) atoms. The second kappa shape index (κ2) is 14.5. The van der Waals surface area contributed by atoms with E-state index in [2.05, 4.69) is 13.8 Å². The first-order valence-electron chi connectivity index (χ1n) is 8.55. The molecule has 0 saturated carbocycles. The van der Waals surface area contributed by atoms with E-state index in [-0.39, 0.29) is 12.1 Å². The molecule has 1 atom stereocenters. The smallest absolute Gasteiger partial charge is 0.414 e. The second-order valence-electron chi connectivity index (χ2n) is 4.91. The summed E-state index contributed by atoms with van der Waals surface area (Å²) in [6, 6.07) is 6.89. The van der Waals surface area contributed by atoms with E-state index in [9.17, 15) is 9.59 Å². The molecule has 0 aliphatic rings. The van der Waals surface area contributed by atoms with E-state index in [1.807, 2.05) is 20.8 Å². The van der Waals surface area contributed by atoms with Crippen LogP contribution in [0.25, 0.3) is 0 Å². The standard InChI is InChI=1S/C14H19NO4.C3H8.C2H6/c1-5-15(4)14(17)19-13-8-6-12(7-9-13)10(2)18-11(3)16;1-3-2;1-2/h6-10H,5H2,1-4H3;3H2,1-2H3;1-2H3. The molecular formula is C19H33NO4. The Labute approximate surface area is 146 Å². The number of carbonyl (C=O) groups is 2. The predicted molar refractivity (Wildman–Crippen MR) is 98.3 cm³/mol. The van der Waals surface area contributed by atoms with E-state index in [1.54, 1.807) is 38.2 Å². The van der Waals surface area contributed by atoms with Gasteiger partial charge in [0.1, 0.15) is 11.9 Å². The molecule has 0 fully saturated rings. The van der Waals surface area contributed by atoms with Gasteiger partial charge in [-0.2, -0.15) is 0 Å². The van der Waals surface area contributed by atoms with Crippen LogP contribution in [0.3, 0.4) is 0 Å². The van der Waals surface area contributed by atoms with Crippen molar-refractivity contribution in [1.82, 2.24) is 4.90 Å². The maximum atomic E-state index is 11.5. The molecule has 1 aromatic rings. The van der Waals surface area contributed by atoms with Crippen LogP contribution >= 0.6 is 0 Å². The molecule has 5 heteroatoms. The van der Waals surface area contributed by atoms with Crippen molar-refractivity contribution in [3.8, 4) is 5.75 Å². The average molecular weight is 339 g/mol. The highest BCUT2D eigenvalue weighted by Crippen LogP contribution is 2.20. The van der Waals surface area contributed by atoms with Crippen molar-refractivity contribution in [3.05, 3.63) is 29.8 Å². The molecule has 1 unspecified atom stereocenters. The molecule has 0 radical (unpaired) electrons. The lowest BCUT2D eigenvalue weighted by molar-refractivity contribution is -0.145. The molecular weight excluding hydrogens is 306 g/mol. The molecule has 1 rings (SSSR count). The van der Waals surface area contributed by atoms with Crippen molar-refractivity contribution in [2.24, 2.45) is 0 Å². The fourth-order valence-corrected chi connectivity index (χ4v) is 1.43. The summed E-state index contributed by atoms with van der Waals surface area (Å²) in [6.45, 7) is 13.9. The highest BCUT2D eigenvalue weighted by atomic mass is 16.6. The molecule has 0 aliphatic heterocycles. The zero-order valence-corrected chi connectivity index (χ0v) is 16.4. The molecule has 138 valence electrons. The number of esters is 1. The molecule has 0 aliphatic carbocycles. The largest absolute Gasteiger partial charge is 0.458 e. The van der Waals surface area contributed by atoms with Crippen LogP contribution < -0.4 is 4.74 Å². The Morgan fingerprint density at radius 1 is 1.08 bits per heavy atom. The third-order valence-corrected chi connectivity index (χ3v) is 2.68. The van der Waals surface area contributed by atoms with E-state index in [1.165, 1.54) is 18.2 Å². The van der Waals surface area contributed by atoms with Crippen LogP contribution in [0, 0.1) is 0 Å². The number of rotatable bonds is 4. The topological polar surface area (TPSA) is 55.8 Å². The lowest BCUT2D eigenvalue weighted by Crippen LogP contribution is -2.29. The van der Waals surface area contributed by atoms with Crippen molar-refractivity contribution in [1.29, 1.82) is 0 Å². The minimum absolute atomic E-state index is 0.319. The van der Waals surface area contributed by atoms with E-state index in [0.29, 0.717) is 12.3 Å². The summed E-state index contributed by atoms with van der Waals surface area (Å²) < 4.78 is 10.2. The zero-order valence-electron chi connectivity index (χ0n) is 16.4. The minimum Gasteiger partial charge on any atom is -0.458 e. The SMILES string of the molecule is CC.CCC.CCN(C)C(=O)Oc1ccc(C(C)OC(C)=O)cc1. The number of benzene rings is 1. The van der Waals surface area contributed by atoms with Crippen LogP contribution in [0.1, 0.15) is 66.6 Å². The first-order chi connectivity index (χ1) is 11.3. The van der Waals surface area contributed by atoms with Crippen molar-refractivity contribution in [2.45, 2.75) is 61.0 Å². The van der Waals surface area contributed by atoms with Crippen molar-refractivity contribution in [2.75, 3.05) is 13.6 Å². The van der Waals surface area contributed by atoms with Crippen LogP contribution in [0.2, 0.25) is 0 Å². The summed E-state index contributed by atoms with van der Waals surface area (Å²) in [4.78, 5) is 23.9. The maximum absolute atomic E-state index is 11.5. The Bertz CT molecular complexity index is 457. The summed E-state index contributed by atoms with van der Waals surface area (Å²) in [5.41, 5.74) is 0.846. The summed E-state index contributed by atoms with van der Waals surface area (Å²) in [5.74, 6) is 0.136. The minimum atomic E-state index is -0.400. The van der Waals surface area contributed by atoms with Crippen molar-refractivity contribution >= 4 is 12.1 Å². The van der Waals surface area contributed by atoms with Crippen LogP contribution in [0.5, 0.6) is 5.75 Å². The molecule has 5 nitrogen and oxygen atoms in total. The van der Waals surface area contributed by atoms with Crippen LogP contribution in [0.15, 0.2) is 24.3 Å². The molecule has 0 heterocycles. The van der Waals surface area contributed by atoms with Gasteiger partial charge < -0.3 is 14.4 Å². The Morgan fingerprint density at radius 2 is 1.54 bits per heavy atom. The van der Waals surface area contributed by atoms with E-state index in [0.717, 1.165) is 5.56 Å². The lowest BCUT2D eigenvalue weighted by Gasteiger charge is -2.15. The lowest BCUT2D eigenvalue weighted by atomic mass is 10.1. The van der Waals surface area contributed by atoms with Gasteiger partial charge in [0.25, 0.3) is 0 Å². The summed E-state index contributed by atoms with van der Waals surface area (Å²) in [5, 5.41) is 0. The first-order valence-corrected chi connectivity index (χ1v) is 8.55. The van der Waals surface area contributed by atoms with Gasteiger partial charge in [-0.05, 0) is 31.5 Å². The van der Waals surface area contributed by atoms with Gasteiger partial charge in [-0.15, -0.1) is 0 Å². The molecule has 0 bridgehead atoms. The third kappa shape index (κ3) is 10.6. The van der Waals surface area contributed by atoms with Crippen molar-refractivity contribution in [3.63, 3.8) is 0 Å². The predicted octanol–water partition coefficient (Wildman–Crippen LogP) is 5.20.